The van der Waals surface area contributed by atoms with Crippen LogP contribution in [0.1, 0.15) is 120 Å². The molecule has 6 nitrogen and oxygen atoms in total. The van der Waals surface area contributed by atoms with Crippen molar-refractivity contribution in [3.05, 3.63) is 88.0 Å². The van der Waals surface area contributed by atoms with Crippen LogP contribution in [0.15, 0.2) is 54.6 Å². The summed E-state index contributed by atoms with van der Waals surface area (Å²) in [4.78, 5) is 16.6. The number of carbonyl (C=O) groups is 1. The van der Waals surface area contributed by atoms with E-state index in [1.54, 1.807) is 7.11 Å². The molecule has 4 rings (SSSR count). The van der Waals surface area contributed by atoms with E-state index in [0.717, 1.165) is 64.9 Å². The van der Waals surface area contributed by atoms with Gasteiger partial charge in [-0.05, 0) is 67.7 Å². The fourth-order valence-corrected chi connectivity index (χ4v) is 6.64. The summed E-state index contributed by atoms with van der Waals surface area (Å²) in [6.45, 7) is 19.5. The highest BCUT2D eigenvalue weighted by Gasteiger charge is 2.36. The number of carbonyl (C=O) groups excluding carboxylic acids is 1. The molecule has 1 saturated carbocycles. The van der Waals surface area contributed by atoms with Gasteiger partial charge in [-0.25, -0.2) is 4.79 Å². The van der Waals surface area contributed by atoms with Gasteiger partial charge in [0.25, 0.3) is 0 Å². The SMILES string of the molecule is COCOc1c(C(C)(C)C)cc(OC(c2ccccc2)N(C(=O)Nc2c(C)cc(C)cc2C)C2CCCCCC2)cc1C(C)(C)C. The summed E-state index contributed by atoms with van der Waals surface area (Å²) in [7, 11) is 1.64. The molecule has 0 heterocycles. The maximum absolute atomic E-state index is 14.6. The minimum Gasteiger partial charge on any atom is -0.467 e. The lowest BCUT2D eigenvalue weighted by atomic mass is 9.79. The largest absolute Gasteiger partial charge is 0.467 e. The van der Waals surface area contributed by atoms with Crippen molar-refractivity contribution in [3.8, 4) is 11.5 Å². The zero-order valence-electron chi connectivity index (χ0n) is 29.9. The Bertz CT molecular complexity index is 1400. The Morgan fingerprint density at radius 3 is 1.89 bits per heavy atom. The number of nitrogens with zero attached hydrogens (tertiary/aromatic N) is 1. The lowest BCUT2D eigenvalue weighted by molar-refractivity contribution is 0.0230. The summed E-state index contributed by atoms with van der Waals surface area (Å²) in [5, 5.41) is 3.34. The van der Waals surface area contributed by atoms with Crippen molar-refractivity contribution in [2.75, 3.05) is 19.2 Å². The van der Waals surface area contributed by atoms with Gasteiger partial charge in [0.05, 0.1) is 0 Å². The number of hydrogen-bond acceptors (Lipinski definition) is 4. The number of hydrogen-bond donors (Lipinski definition) is 1. The van der Waals surface area contributed by atoms with Crippen molar-refractivity contribution in [1.82, 2.24) is 4.90 Å². The fraction of sp³-hybridized carbons (Fsp3) is 0.525. The van der Waals surface area contributed by atoms with Crippen LogP contribution in [0.25, 0.3) is 0 Å². The lowest BCUT2D eigenvalue weighted by Crippen LogP contribution is -2.47. The number of methoxy groups -OCH3 is 1. The molecule has 0 bridgehead atoms. The molecular formula is C40H56N2O4. The molecule has 250 valence electrons. The van der Waals surface area contributed by atoms with Gasteiger partial charge in [0, 0.05) is 35.5 Å². The first-order valence-corrected chi connectivity index (χ1v) is 16.9. The second-order valence-electron chi connectivity index (χ2n) is 15.0. The van der Waals surface area contributed by atoms with Gasteiger partial charge in [0.2, 0.25) is 6.23 Å². The molecule has 1 N–H and O–H groups in total. The first kappa shape index (κ1) is 35.3. The molecule has 1 aliphatic carbocycles. The Morgan fingerprint density at radius 2 is 1.39 bits per heavy atom. The maximum Gasteiger partial charge on any atom is 0.325 e. The topological polar surface area (TPSA) is 60.0 Å². The van der Waals surface area contributed by atoms with Gasteiger partial charge in [-0.3, -0.25) is 4.90 Å². The highest BCUT2D eigenvalue weighted by Crippen LogP contribution is 2.44. The van der Waals surface area contributed by atoms with Crippen LogP contribution >= 0.6 is 0 Å². The molecule has 0 spiro atoms. The van der Waals surface area contributed by atoms with E-state index in [4.69, 9.17) is 14.2 Å². The van der Waals surface area contributed by atoms with Crippen molar-refractivity contribution in [2.24, 2.45) is 0 Å². The number of urea groups is 1. The average Bonchev–Trinajstić information content (AvgIpc) is 3.26. The molecule has 2 amide bonds. The number of anilines is 1. The van der Waals surface area contributed by atoms with E-state index in [9.17, 15) is 4.79 Å². The molecule has 0 radical (unpaired) electrons. The van der Waals surface area contributed by atoms with Gasteiger partial charge in [-0.1, -0.05) is 115 Å². The molecule has 3 aromatic rings. The number of benzene rings is 3. The number of aryl methyl sites for hydroxylation is 3. The van der Waals surface area contributed by atoms with E-state index in [-0.39, 0.29) is 29.7 Å². The monoisotopic (exact) mass is 628 g/mol. The second-order valence-corrected chi connectivity index (χ2v) is 15.0. The Morgan fingerprint density at radius 1 is 0.848 bits per heavy atom. The first-order chi connectivity index (χ1) is 21.7. The highest BCUT2D eigenvalue weighted by atomic mass is 16.7. The van der Waals surface area contributed by atoms with Gasteiger partial charge in [-0.2, -0.15) is 0 Å². The maximum atomic E-state index is 14.6. The molecule has 46 heavy (non-hydrogen) atoms. The predicted octanol–water partition coefficient (Wildman–Crippen LogP) is 10.5. The van der Waals surface area contributed by atoms with Crippen LogP contribution in [0.5, 0.6) is 11.5 Å². The standard InChI is InChI=1S/C40H56N2O4/c1-27-22-28(2)35(29(3)23-27)41-38(43)42(31-20-16-11-12-17-21-31)37(30-18-14-13-15-19-30)46-32-24-33(39(4,5)6)36(45-26-44-10)34(25-32)40(7,8)9/h13-15,18-19,22-25,31,37H,11-12,16-17,20-21,26H2,1-10H3,(H,41,43). The molecule has 1 fully saturated rings. The fourth-order valence-electron chi connectivity index (χ4n) is 6.64. The average molecular weight is 629 g/mol. The summed E-state index contributed by atoms with van der Waals surface area (Å²) in [5.74, 6) is 1.54. The predicted molar refractivity (Wildman–Crippen MR) is 189 cm³/mol. The second kappa shape index (κ2) is 14.9. The number of ether oxygens (including phenoxy) is 3. The Balaban J connectivity index is 1.88. The number of nitrogens with one attached hydrogen (secondary N) is 1. The van der Waals surface area contributed by atoms with E-state index in [0.29, 0.717) is 5.75 Å². The summed E-state index contributed by atoms with van der Waals surface area (Å²) in [6.07, 6.45) is 5.80. The van der Waals surface area contributed by atoms with Gasteiger partial charge in [-0.15, -0.1) is 0 Å². The number of rotatable bonds is 9. The first-order valence-electron chi connectivity index (χ1n) is 16.9. The van der Waals surface area contributed by atoms with Gasteiger partial charge in [0.15, 0.2) is 6.79 Å². The zero-order chi connectivity index (χ0) is 33.6. The van der Waals surface area contributed by atoms with Crippen LogP contribution in [-0.4, -0.2) is 30.9 Å². The highest BCUT2D eigenvalue weighted by molar-refractivity contribution is 5.91. The number of amides is 2. The van der Waals surface area contributed by atoms with Gasteiger partial charge >= 0.3 is 6.03 Å². The van der Waals surface area contributed by atoms with Crippen molar-refractivity contribution in [3.63, 3.8) is 0 Å². The van der Waals surface area contributed by atoms with Gasteiger partial charge in [0.1, 0.15) is 11.5 Å². The summed E-state index contributed by atoms with van der Waals surface area (Å²) < 4.78 is 18.7. The van der Waals surface area contributed by atoms with E-state index in [1.807, 2.05) is 23.1 Å². The molecule has 6 heteroatoms. The van der Waals surface area contributed by atoms with Crippen LogP contribution < -0.4 is 14.8 Å². The Kier molecular flexibility index (Phi) is 11.5. The normalized spacial score (nSPS) is 15.2. The smallest absolute Gasteiger partial charge is 0.325 e. The molecule has 1 unspecified atom stereocenters. The van der Waals surface area contributed by atoms with Crippen molar-refractivity contribution >= 4 is 11.7 Å². The minimum absolute atomic E-state index is 0.0345. The molecule has 0 aliphatic heterocycles. The van der Waals surface area contributed by atoms with Crippen LogP contribution in [0.4, 0.5) is 10.5 Å². The third kappa shape index (κ3) is 8.64. The van der Waals surface area contributed by atoms with Crippen molar-refractivity contribution < 1.29 is 19.0 Å². The Labute approximate surface area is 277 Å². The molecule has 0 saturated heterocycles. The Hall–Kier alpha value is -3.51. The summed E-state index contributed by atoms with van der Waals surface area (Å²) in [6, 6.07) is 18.5. The van der Waals surface area contributed by atoms with Crippen molar-refractivity contribution in [2.45, 2.75) is 124 Å². The van der Waals surface area contributed by atoms with Crippen LogP contribution in [0.3, 0.4) is 0 Å². The quantitative estimate of drug-likeness (QED) is 0.189. The summed E-state index contributed by atoms with van der Waals surface area (Å²) >= 11 is 0. The van der Waals surface area contributed by atoms with E-state index >= 15 is 0 Å². The van der Waals surface area contributed by atoms with Crippen molar-refractivity contribution in [1.29, 1.82) is 0 Å². The summed E-state index contributed by atoms with van der Waals surface area (Å²) in [5.41, 5.74) is 6.71. The van der Waals surface area contributed by atoms with E-state index in [2.05, 4.69) is 104 Å². The lowest BCUT2D eigenvalue weighted by Gasteiger charge is -2.39. The molecule has 0 aromatic heterocycles. The van der Waals surface area contributed by atoms with Crippen LogP contribution in [-0.2, 0) is 15.6 Å². The van der Waals surface area contributed by atoms with E-state index < -0.39 is 6.23 Å². The zero-order valence-corrected chi connectivity index (χ0v) is 29.9. The van der Waals surface area contributed by atoms with Gasteiger partial charge < -0.3 is 19.5 Å². The van der Waals surface area contributed by atoms with Crippen LogP contribution in [0.2, 0.25) is 0 Å². The minimum atomic E-state index is -0.637. The van der Waals surface area contributed by atoms with E-state index in [1.165, 1.54) is 18.4 Å². The molecule has 1 aliphatic rings. The third-order valence-corrected chi connectivity index (χ3v) is 8.95. The van der Waals surface area contributed by atoms with Crippen LogP contribution in [0, 0.1) is 20.8 Å². The molecular weight excluding hydrogens is 572 g/mol. The molecule has 3 aromatic carbocycles. The molecule has 1 atom stereocenters. The third-order valence-electron chi connectivity index (χ3n) is 8.95.